The second-order valence-corrected chi connectivity index (χ2v) is 11.9. The van der Waals surface area contributed by atoms with Crippen molar-refractivity contribution in [2.24, 2.45) is 0 Å². The molecule has 0 radical (unpaired) electrons. The summed E-state index contributed by atoms with van der Waals surface area (Å²) in [5.74, 6) is -0.0949. The van der Waals surface area contributed by atoms with Crippen LogP contribution in [0.25, 0.3) is 22.2 Å². The number of imidazole rings is 2. The molecule has 0 amide bonds. The molecular formula is C21H26N9O12P2+. The highest BCUT2D eigenvalue weighted by atomic mass is 31.2. The third kappa shape index (κ3) is 5.71. The minimum absolute atomic E-state index is 0.000755. The van der Waals surface area contributed by atoms with Gasteiger partial charge >= 0.3 is 16.1 Å². The van der Waals surface area contributed by atoms with E-state index in [4.69, 9.17) is 34.5 Å². The maximum atomic E-state index is 13.1. The molecule has 6 rings (SSSR count). The Balaban J connectivity index is 1.20. The molecule has 9 N–H and O–H groups in total. The SMILES string of the molecule is Nc1nc2c(ncn2[C@@H]2O[C@H](CO)CC2OP(=O)(O)OC[C@H]2O[C@@H](n3cnc4c(N)nccc43)[C@H](O)C2O[P+](=O)O)c(=O)[nH]1. The molecule has 0 saturated carbocycles. The fourth-order valence-electron chi connectivity index (χ4n) is 5.17. The summed E-state index contributed by atoms with van der Waals surface area (Å²) in [6, 6.07) is 1.56. The summed E-state index contributed by atoms with van der Waals surface area (Å²) in [7, 11) is -8.20. The summed E-state index contributed by atoms with van der Waals surface area (Å²) < 4.78 is 54.5. The first-order valence-electron chi connectivity index (χ1n) is 12.8. The van der Waals surface area contributed by atoms with Gasteiger partial charge in [0, 0.05) is 17.2 Å². The number of anilines is 2. The van der Waals surface area contributed by atoms with Crippen LogP contribution in [0.1, 0.15) is 18.9 Å². The number of H-pyrrole nitrogens is 1. The first kappa shape index (κ1) is 30.6. The molecule has 23 heteroatoms. The van der Waals surface area contributed by atoms with E-state index in [2.05, 4.69) is 24.9 Å². The van der Waals surface area contributed by atoms with Crippen molar-refractivity contribution in [2.45, 2.75) is 49.4 Å². The summed E-state index contributed by atoms with van der Waals surface area (Å²) in [6.07, 6.45) is -5.02. The number of phosphoric ester groups is 1. The second-order valence-electron chi connectivity index (χ2n) is 9.83. The van der Waals surface area contributed by atoms with E-state index in [1.807, 2.05) is 0 Å². The standard InChI is InChI=1S/C21H25N9O12P2/c22-16-12-9(1-2-24-16)29(6-25-12)20-14(32)15(41-43(34)35)11(40-20)5-38-44(36,37)42-10-3-8(4-31)39-19(10)30-7-26-13-17(30)27-21(23)28-18(13)33/h1-2,6-8,10-11,14-15,19-20,31-32H,3-5H2,(H6-,22,23,24,27,28,33,34,35,36,37)/p+1/t8-,10?,11+,14+,15?,19+,20+/m0/s1. The van der Waals surface area contributed by atoms with Gasteiger partial charge in [-0.2, -0.15) is 4.98 Å². The van der Waals surface area contributed by atoms with Crippen LogP contribution in [0.3, 0.4) is 0 Å². The van der Waals surface area contributed by atoms with E-state index < -0.39 is 77.8 Å². The van der Waals surface area contributed by atoms with Gasteiger partial charge in [-0.1, -0.05) is 0 Å². The van der Waals surface area contributed by atoms with Gasteiger partial charge in [0.05, 0.1) is 37.5 Å². The van der Waals surface area contributed by atoms with Crippen LogP contribution in [0.15, 0.2) is 29.7 Å². The number of aromatic amines is 1. The largest absolute Gasteiger partial charge is 0.695 e. The van der Waals surface area contributed by atoms with E-state index in [-0.39, 0.29) is 29.4 Å². The number of pyridine rings is 1. The van der Waals surface area contributed by atoms with Crippen molar-refractivity contribution in [1.29, 1.82) is 0 Å². The number of nitrogens with zero attached hydrogens (tertiary/aromatic N) is 6. The molecule has 0 bridgehead atoms. The number of nitrogens with two attached hydrogens (primary N) is 2. The zero-order valence-corrected chi connectivity index (χ0v) is 24.0. The molecule has 44 heavy (non-hydrogen) atoms. The van der Waals surface area contributed by atoms with Crippen LogP contribution >= 0.6 is 16.1 Å². The van der Waals surface area contributed by atoms with Crippen LogP contribution in [-0.2, 0) is 32.2 Å². The number of hydrogen-bond acceptors (Lipinski definition) is 16. The molecule has 0 spiro atoms. The summed E-state index contributed by atoms with van der Waals surface area (Å²) in [5, 5.41) is 20.6. The monoisotopic (exact) mass is 658 g/mol. The predicted molar refractivity (Wildman–Crippen MR) is 145 cm³/mol. The fourth-order valence-corrected chi connectivity index (χ4v) is 6.57. The first-order valence-corrected chi connectivity index (χ1v) is 15.5. The zero-order valence-electron chi connectivity index (χ0n) is 22.3. The number of nitrogens with one attached hydrogen (secondary N) is 1. The van der Waals surface area contributed by atoms with E-state index in [1.165, 1.54) is 28.0 Å². The highest BCUT2D eigenvalue weighted by molar-refractivity contribution is 7.47. The number of aliphatic hydroxyl groups excluding tert-OH is 2. The van der Waals surface area contributed by atoms with Gasteiger partial charge in [-0.05, 0) is 6.07 Å². The number of aliphatic hydroxyl groups is 2. The van der Waals surface area contributed by atoms with Gasteiger partial charge in [-0.25, -0.2) is 19.5 Å². The molecule has 6 heterocycles. The minimum Gasteiger partial charge on any atom is -0.394 e. The number of rotatable bonds is 10. The Hall–Kier alpha value is -3.46. The van der Waals surface area contributed by atoms with Crippen molar-refractivity contribution in [3.63, 3.8) is 0 Å². The Kier molecular flexibility index (Phi) is 8.20. The van der Waals surface area contributed by atoms with E-state index in [0.717, 1.165) is 0 Å². The predicted octanol–water partition coefficient (Wildman–Crippen LogP) is -1.20. The average molecular weight is 658 g/mol. The lowest BCUT2D eigenvalue weighted by molar-refractivity contribution is -0.0607. The molecule has 2 saturated heterocycles. The molecule has 2 fully saturated rings. The first-order chi connectivity index (χ1) is 21.0. The molecule has 4 aromatic heterocycles. The summed E-state index contributed by atoms with van der Waals surface area (Å²) >= 11 is 0. The molecule has 21 nitrogen and oxygen atoms in total. The quantitative estimate of drug-likeness (QED) is 0.0984. The Morgan fingerprint density at radius 1 is 1.16 bits per heavy atom. The molecule has 9 atom stereocenters. The smallest absolute Gasteiger partial charge is 0.394 e. The lowest BCUT2D eigenvalue weighted by atomic mass is 10.1. The molecule has 2 aliphatic heterocycles. The lowest BCUT2D eigenvalue weighted by Crippen LogP contribution is -2.35. The summed E-state index contributed by atoms with van der Waals surface area (Å²) in [6.45, 7) is -1.21. The molecule has 2 aliphatic rings. The van der Waals surface area contributed by atoms with Crippen LogP contribution in [-0.4, -0.2) is 97.8 Å². The van der Waals surface area contributed by atoms with Crippen molar-refractivity contribution in [1.82, 2.24) is 34.1 Å². The number of hydrogen-bond donors (Lipinski definition) is 7. The van der Waals surface area contributed by atoms with Crippen LogP contribution in [0.5, 0.6) is 0 Å². The average Bonchev–Trinajstić information content (AvgIpc) is 3.73. The van der Waals surface area contributed by atoms with E-state index in [1.54, 1.807) is 6.07 Å². The highest BCUT2D eigenvalue weighted by Gasteiger charge is 2.51. The van der Waals surface area contributed by atoms with Crippen LogP contribution in [0, 0.1) is 0 Å². The van der Waals surface area contributed by atoms with Crippen LogP contribution < -0.4 is 17.0 Å². The number of aromatic nitrogens is 7. The van der Waals surface area contributed by atoms with Gasteiger partial charge in [0.1, 0.15) is 23.8 Å². The Bertz CT molecular complexity index is 1820. The zero-order chi connectivity index (χ0) is 31.3. The van der Waals surface area contributed by atoms with Gasteiger partial charge in [0.25, 0.3) is 5.56 Å². The lowest BCUT2D eigenvalue weighted by Gasteiger charge is -2.23. The van der Waals surface area contributed by atoms with E-state index in [0.29, 0.717) is 11.0 Å². The summed E-state index contributed by atoms with van der Waals surface area (Å²) in [5.41, 5.74) is 11.5. The van der Waals surface area contributed by atoms with Crippen molar-refractivity contribution >= 4 is 50.0 Å². The van der Waals surface area contributed by atoms with E-state index >= 15 is 0 Å². The highest BCUT2D eigenvalue weighted by Crippen LogP contribution is 2.50. The van der Waals surface area contributed by atoms with Gasteiger partial charge < -0.3 is 40.6 Å². The Labute approximate surface area is 245 Å². The second kappa shape index (κ2) is 11.8. The molecule has 0 aromatic carbocycles. The van der Waals surface area contributed by atoms with Crippen LogP contribution in [0.4, 0.5) is 11.8 Å². The Morgan fingerprint density at radius 3 is 2.66 bits per heavy atom. The Morgan fingerprint density at radius 2 is 1.91 bits per heavy atom. The maximum Gasteiger partial charge on any atom is 0.695 e. The molecular weight excluding hydrogens is 632 g/mol. The van der Waals surface area contributed by atoms with Gasteiger partial charge in [0.15, 0.2) is 35.5 Å². The molecule has 4 aromatic rings. The van der Waals surface area contributed by atoms with E-state index in [9.17, 15) is 33.9 Å². The fraction of sp³-hybridized carbons (Fsp3) is 0.476. The van der Waals surface area contributed by atoms with Crippen LogP contribution in [0.2, 0.25) is 0 Å². The normalized spacial score (nSPS) is 29.0. The molecule has 0 aliphatic carbocycles. The minimum atomic E-state index is -4.96. The topological polar surface area (TPSA) is 308 Å². The number of ether oxygens (including phenoxy) is 2. The van der Waals surface area contributed by atoms with Crippen molar-refractivity contribution in [2.75, 3.05) is 24.7 Å². The third-order valence-corrected chi connectivity index (χ3v) is 8.50. The third-order valence-electron chi connectivity index (χ3n) is 7.06. The number of fused-ring (bicyclic) bond motifs is 2. The van der Waals surface area contributed by atoms with Crippen molar-refractivity contribution in [3.05, 3.63) is 35.3 Å². The van der Waals surface area contributed by atoms with Crippen molar-refractivity contribution in [3.8, 4) is 0 Å². The summed E-state index contributed by atoms with van der Waals surface area (Å²) in [4.78, 5) is 50.7. The van der Waals surface area contributed by atoms with Gasteiger partial charge in [-0.3, -0.25) is 23.4 Å². The molecule has 4 unspecified atom stereocenters. The maximum absolute atomic E-state index is 13.1. The van der Waals surface area contributed by atoms with Crippen molar-refractivity contribution < 1.29 is 52.2 Å². The van der Waals surface area contributed by atoms with Gasteiger partial charge in [0.2, 0.25) is 5.95 Å². The number of nitrogen functional groups attached to an aromatic ring is 2. The van der Waals surface area contributed by atoms with Gasteiger partial charge in [-0.15, -0.1) is 9.42 Å². The number of phosphoric acid groups is 1. The molecule has 236 valence electrons.